The van der Waals surface area contributed by atoms with Crippen LogP contribution in [0.3, 0.4) is 0 Å². The molecule has 8 nitrogen and oxygen atoms in total. The fourth-order valence-corrected chi connectivity index (χ4v) is 5.26. The Morgan fingerprint density at radius 2 is 1.73 bits per heavy atom. The second kappa shape index (κ2) is 13.1. The van der Waals surface area contributed by atoms with Crippen LogP contribution in [0.1, 0.15) is 61.5 Å². The van der Waals surface area contributed by atoms with Gasteiger partial charge in [0.1, 0.15) is 6.04 Å². The summed E-state index contributed by atoms with van der Waals surface area (Å²) in [6, 6.07) is 22.2. The number of benzene rings is 3. The van der Waals surface area contributed by atoms with Gasteiger partial charge in [-0.2, -0.15) is 0 Å². The number of nitrogens with zero attached hydrogens (tertiary/aromatic N) is 1. The van der Waals surface area contributed by atoms with Crippen molar-refractivity contribution >= 4 is 23.4 Å². The first-order valence-electron chi connectivity index (χ1n) is 14.1. The maximum absolute atomic E-state index is 13.9. The lowest BCUT2D eigenvalue weighted by atomic mass is 9.98. The highest BCUT2D eigenvalue weighted by Gasteiger charge is 2.32. The number of amides is 3. The number of carbonyl (C=O) groups excluding carboxylic acids is 3. The van der Waals surface area contributed by atoms with Gasteiger partial charge in [0, 0.05) is 23.2 Å². The molecule has 0 aromatic heterocycles. The smallest absolute Gasteiger partial charge is 0.249 e. The molecule has 0 spiro atoms. The Hall–Kier alpha value is -4.01. The van der Waals surface area contributed by atoms with Gasteiger partial charge in [-0.05, 0) is 81.0 Å². The SMILES string of the molecule is C[C@@H](O)CCNC(C)(C)CC(=O)NC1CCc2ccccc2N(Cc2ccc(-c3ccccc3C(N)=O)cc2)C1=O. The van der Waals surface area contributed by atoms with Gasteiger partial charge >= 0.3 is 0 Å². The molecule has 2 atom stereocenters. The van der Waals surface area contributed by atoms with E-state index in [4.69, 9.17) is 5.73 Å². The molecule has 8 heteroatoms. The Morgan fingerprint density at radius 1 is 1.05 bits per heavy atom. The van der Waals surface area contributed by atoms with Crippen molar-refractivity contribution in [1.29, 1.82) is 0 Å². The maximum atomic E-state index is 13.9. The second-order valence-corrected chi connectivity index (χ2v) is 11.4. The molecule has 0 radical (unpaired) electrons. The lowest BCUT2D eigenvalue weighted by Crippen LogP contribution is -2.51. The number of para-hydroxylation sites is 1. The van der Waals surface area contributed by atoms with E-state index < -0.39 is 23.6 Å². The number of carbonyl (C=O) groups is 3. The van der Waals surface area contributed by atoms with E-state index in [1.807, 2.05) is 74.5 Å². The zero-order chi connectivity index (χ0) is 29.6. The molecule has 41 heavy (non-hydrogen) atoms. The summed E-state index contributed by atoms with van der Waals surface area (Å²) in [4.78, 5) is 40.6. The van der Waals surface area contributed by atoms with Crippen molar-refractivity contribution in [2.24, 2.45) is 5.73 Å². The van der Waals surface area contributed by atoms with E-state index in [0.717, 1.165) is 27.9 Å². The first-order chi connectivity index (χ1) is 19.5. The number of hydrogen-bond donors (Lipinski definition) is 4. The quantitative estimate of drug-likeness (QED) is 0.285. The topological polar surface area (TPSA) is 125 Å². The van der Waals surface area contributed by atoms with Gasteiger partial charge in [0.05, 0.1) is 12.6 Å². The maximum Gasteiger partial charge on any atom is 0.249 e. The van der Waals surface area contributed by atoms with E-state index in [0.29, 0.717) is 37.9 Å². The first kappa shape index (κ1) is 30.0. The Labute approximate surface area is 241 Å². The molecular formula is C33H40N4O4. The van der Waals surface area contributed by atoms with E-state index in [-0.39, 0.29) is 18.2 Å². The summed E-state index contributed by atoms with van der Waals surface area (Å²) >= 11 is 0. The molecule has 0 aliphatic carbocycles. The van der Waals surface area contributed by atoms with Gasteiger partial charge in [-0.15, -0.1) is 0 Å². The van der Waals surface area contributed by atoms with Crippen molar-refractivity contribution in [3.05, 3.63) is 89.5 Å². The van der Waals surface area contributed by atoms with Crippen LogP contribution in [0.2, 0.25) is 0 Å². The third-order valence-corrected chi connectivity index (χ3v) is 7.45. The zero-order valence-electron chi connectivity index (χ0n) is 24.0. The van der Waals surface area contributed by atoms with Crippen molar-refractivity contribution < 1.29 is 19.5 Å². The number of nitrogens with one attached hydrogen (secondary N) is 2. The highest BCUT2D eigenvalue weighted by atomic mass is 16.3. The number of hydrogen-bond acceptors (Lipinski definition) is 5. The van der Waals surface area contributed by atoms with Crippen LogP contribution in [0.4, 0.5) is 5.69 Å². The van der Waals surface area contributed by atoms with Gasteiger partial charge in [0.15, 0.2) is 0 Å². The Balaban J connectivity index is 1.51. The summed E-state index contributed by atoms with van der Waals surface area (Å²) in [5.74, 6) is -0.823. The molecular weight excluding hydrogens is 516 g/mol. The zero-order valence-corrected chi connectivity index (χ0v) is 24.0. The highest BCUT2D eigenvalue weighted by molar-refractivity contribution is 6.01. The van der Waals surface area contributed by atoms with Crippen LogP contribution < -0.4 is 21.3 Å². The van der Waals surface area contributed by atoms with Gasteiger partial charge in [0.25, 0.3) is 0 Å². The van der Waals surface area contributed by atoms with Gasteiger partial charge in [0.2, 0.25) is 17.7 Å². The van der Waals surface area contributed by atoms with E-state index in [1.54, 1.807) is 24.0 Å². The summed E-state index contributed by atoms with van der Waals surface area (Å²) in [5.41, 5.74) is 9.99. The van der Waals surface area contributed by atoms with E-state index >= 15 is 0 Å². The number of rotatable bonds is 11. The molecule has 216 valence electrons. The fraction of sp³-hybridized carbons (Fsp3) is 0.364. The summed E-state index contributed by atoms with van der Waals surface area (Å²) in [6.07, 6.45) is 1.57. The molecule has 1 aliphatic rings. The monoisotopic (exact) mass is 556 g/mol. The first-order valence-corrected chi connectivity index (χ1v) is 14.1. The van der Waals surface area contributed by atoms with Crippen molar-refractivity contribution in [2.75, 3.05) is 11.4 Å². The normalized spacial score (nSPS) is 16.0. The molecule has 4 rings (SSSR count). The van der Waals surface area contributed by atoms with Crippen LogP contribution in [-0.4, -0.2) is 47.1 Å². The molecule has 0 fully saturated rings. The standard InChI is InChI=1S/C33H40N4O4/c1-22(38)18-19-35-33(2,3)20-30(39)36-28-17-16-25-8-4-7-11-29(25)37(32(28)41)21-23-12-14-24(15-13-23)26-9-5-6-10-27(26)31(34)40/h4-15,22,28,35,38H,16-21H2,1-3H3,(H2,34,40)(H,36,39)/t22-,28?/m1/s1. The molecule has 3 aromatic rings. The summed E-state index contributed by atoms with van der Waals surface area (Å²) < 4.78 is 0. The largest absolute Gasteiger partial charge is 0.393 e. The number of fused-ring (bicyclic) bond motifs is 1. The number of aliphatic hydroxyl groups excluding tert-OH is 1. The van der Waals surface area contributed by atoms with Crippen molar-refractivity contribution in [1.82, 2.24) is 10.6 Å². The molecule has 1 unspecified atom stereocenters. The van der Waals surface area contributed by atoms with Crippen LogP contribution in [0, 0.1) is 0 Å². The van der Waals surface area contributed by atoms with Crippen molar-refractivity contribution in [3.63, 3.8) is 0 Å². The van der Waals surface area contributed by atoms with Crippen LogP contribution >= 0.6 is 0 Å². The third kappa shape index (κ3) is 7.80. The minimum atomic E-state index is -0.648. The minimum absolute atomic E-state index is 0.147. The lowest BCUT2D eigenvalue weighted by molar-refractivity contribution is -0.128. The van der Waals surface area contributed by atoms with Crippen LogP contribution in [0.5, 0.6) is 0 Å². The number of aryl methyl sites for hydroxylation is 1. The van der Waals surface area contributed by atoms with Crippen molar-refractivity contribution in [2.45, 2.75) is 70.7 Å². The Bertz CT molecular complexity index is 1380. The molecule has 3 amide bonds. The second-order valence-electron chi connectivity index (χ2n) is 11.4. The van der Waals surface area contributed by atoms with E-state index in [2.05, 4.69) is 10.6 Å². The van der Waals surface area contributed by atoms with Crippen LogP contribution in [0.25, 0.3) is 11.1 Å². The average Bonchev–Trinajstić information content (AvgIpc) is 3.05. The molecule has 0 bridgehead atoms. The molecule has 1 aliphatic heterocycles. The number of primary amides is 1. The van der Waals surface area contributed by atoms with Crippen LogP contribution in [-0.2, 0) is 22.6 Å². The van der Waals surface area contributed by atoms with Crippen molar-refractivity contribution in [3.8, 4) is 11.1 Å². The lowest BCUT2D eigenvalue weighted by Gasteiger charge is -2.29. The van der Waals surface area contributed by atoms with E-state index in [1.165, 1.54) is 0 Å². The van der Waals surface area contributed by atoms with E-state index in [9.17, 15) is 19.5 Å². The molecule has 0 saturated carbocycles. The van der Waals surface area contributed by atoms with Gasteiger partial charge in [-0.25, -0.2) is 0 Å². The predicted octanol–water partition coefficient (Wildman–Crippen LogP) is 3.95. The van der Waals surface area contributed by atoms with Gasteiger partial charge in [-0.3, -0.25) is 14.4 Å². The fourth-order valence-electron chi connectivity index (χ4n) is 5.26. The average molecular weight is 557 g/mol. The number of anilines is 1. The third-order valence-electron chi connectivity index (χ3n) is 7.45. The number of aliphatic hydroxyl groups is 1. The van der Waals surface area contributed by atoms with Gasteiger partial charge < -0.3 is 26.4 Å². The highest BCUT2D eigenvalue weighted by Crippen LogP contribution is 2.30. The molecule has 0 saturated heterocycles. The van der Waals surface area contributed by atoms with Crippen LogP contribution in [0.15, 0.2) is 72.8 Å². The molecule has 5 N–H and O–H groups in total. The summed E-state index contributed by atoms with van der Waals surface area (Å²) in [6.45, 7) is 6.55. The predicted molar refractivity (Wildman–Crippen MR) is 161 cm³/mol. The molecule has 3 aromatic carbocycles. The summed E-state index contributed by atoms with van der Waals surface area (Å²) in [5, 5.41) is 15.8. The summed E-state index contributed by atoms with van der Waals surface area (Å²) in [7, 11) is 0. The van der Waals surface area contributed by atoms with Gasteiger partial charge in [-0.1, -0.05) is 60.7 Å². The number of nitrogens with two attached hydrogens (primary N) is 1. The Kier molecular flexibility index (Phi) is 9.57. The molecule has 1 heterocycles. The minimum Gasteiger partial charge on any atom is -0.393 e. The Morgan fingerprint density at radius 3 is 2.44 bits per heavy atom.